The third kappa shape index (κ3) is 4.27. The standard InChI is InChI=1S/C18H17ClN2O3S/c1-12-16(17(21-24-12)14-6-2-3-7-15(14)19)18(22)20-8-10-25-11-13-5-4-9-23-13/h2-7,9H,8,10-11H2,1H3,(H,20,22). The van der Waals surface area contributed by atoms with E-state index in [4.69, 9.17) is 20.5 Å². The zero-order valence-electron chi connectivity index (χ0n) is 13.6. The fourth-order valence-corrected chi connectivity index (χ4v) is 3.35. The lowest BCUT2D eigenvalue weighted by Crippen LogP contribution is -2.26. The number of amides is 1. The van der Waals surface area contributed by atoms with Crippen LogP contribution in [0.3, 0.4) is 0 Å². The Hall–Kier alpha value is -2.18. The van der Waals surface area contributed by atoms with E-state index in [1.54, 1.807) is 31.0 Å². The number of aryl methyl sites for hydroxylation is 1. The second kappa shape index (κ2) is 8.27. The molecule has 0 radical (unpaired) electrons. The summed E-state index contributed by atoms with van der Waals surface area (Å²) in [7, 11) is 0. The van der Waals surface area contributed by atoms with Crippen LogP contribution < -0.4 is 5.32 Å². The molecule has 1 amide bonds. The third-order valence-electron chi connectivity index (χ3n) is 3.58. The second-order valence-electron chi connectivity index (χ2n) is 5.33. The number of rotatable bonds is 7. The maximum Gasteiger partial charge on any atom is 0.257 e. The summed E-state index contributed by atoms with van der Waals surface area (Å²) in [6.07, 6.45) is 1.66. The number of aromatic nitrogens is 1. The molecule has 130 valence electrons. The minimum Gasteiger partial charge on any atom is -0.468 e. The summed E-state index contributed by atoms with van der Waals surface area (Å²) in [4.78, 5) is 12.5. The van der Waals surface area contributed by atoms with Gasteiger partial charge in [0.15, 0.2) is 0 Å². The fourth-order valence-electron chi connectivity index (χ4n) is 2.37. The molecular weight excluding hydrogens is 360 g/mol. The third-order valence-corrected chi connectivity index (χ3v) is 4.89. The van der Waals surface area contributed by atoms with Crippen LogP contribution in [0.1, 0.15) is 21.9 Å². The van der Waals surface area contributed by atoms with Gasteiger partial charge in [-0.15, -0.1) is 0 Å². The van der Waals surface area contributed by atoms with Gasteiger partial charge in [-0.25, -0.2) is 0 Å². The molecule has 0 atom stereocenters. The average molecular weight is 377 g/mol. The molecule has 0 fully saturated rings. The van der Waals surface area contributed by atoms with E-state index >= 15 is 0 Å². The van der Waals surface area contributed by atoms with Crippen molar-refractivity contribution in [1.82, 2.24) is 10.5 Å². The highest BCUT2D eigenvalue weighted by Gasteiger charge is 2.22. The molecule has 1 N–H and O–H groups in total. The molecule has 0 aliphatic rings. The number of hydrogen-bond acceptors (Lipinski definition) is 5. The van der Waals surface area contributed by atoms with Gasteiger partial charge in [0.25, 0.3) is 5.91 Å². The van der Waals surface area contributed by atoms with Crippen LogP contribution in [-0.4, -0.2) is 23.4 Å². The summed E-state index contributed by atoms with van der Waals surface area (Å²) in [5.41, 5.74) is 1.56. The number of halogens is 1. The van der Waals surface area contributed by atoms with Gasteiger partial charge in [-0.2, -0.15) is 11.8 Å². The Morgan fingerprint density at radius 2 is 2.12 bits per heavy atom. The first kappa shape index (κ1) is 17.6. The van der Waals surface area contributed by atoms with Crippen molar-refractivity contribution in [1.29, 1.82) is 0 Å². The van der Waals surface area contributed by atoms with E-state index in [1.807, 2.05) is 30.3 Å². The van der Waals surface area contributed by atoms with Crippen LogP contribution in [0, 0.1) is 6.92 Å². The van der Waals surface area contributed by atoms with Gasteiger partial charge in [0.1, 0.15) is 22.8 Å². The smallest absolute Gasteiger partial charge is 0.257 e. The summed E-state index contributed by atoms with van der Waals surface area (Å²) >= 11 is 7.90. The van der Waals surface area contributed by atoms with Crippen LogP contribution in [0.5, 0.6) is 0 Å². The molecule has 0 saturated heterocycles. The van der Waals surface area contributed by atoms with Crippen LogP contribution in [0.25, 0.3) is 11.3 Å². The lowest BCUT2D eigenvalue weighted by molar-refractivity contribution is 0.0955. The van der Waals surface area contributed by atoms with Gasteiger partial charge in [-0.1, -0.05) is 35.0 Å². The fraction of sp³-hybridized carbons (Fsp3) is 0.222. The number of hydrogen-bond donors (Lipinski definition) is 1. The number of carbonyl (C=O) groups excluding carboxylic acids is 1. The van der Waals surface area contributed by atoms with E-state index in [9.17, 15) is 4.79 Å². The summed E-state index contributed by atoms with van der Waals surface area (Å²) in [6.45, 7) is 2.25. The van der Waals surface area contributed by atoms with E-state index < -0.39 is 0 Å². The highest BCUT2D eigenvalue weighted by molar-refractivity contribution is 7.98. The number of nitrogens with one attached hydrogen (secondary N) is 1. The van der Waals surface area contributed by atoms with E-state index in [2.05, 4.69) is 10.5 Å². The van der Waals surface area contributed by atoms with Crippen molar-refractivity contribution in [3.63, 3.8) is 0 Å². The predicted molar refractivity (Wildman–Crippen MR) is 98.9 cm³/mol. The lowest BCUT2D eigenvalue weighted by Gasteiger charge is -2.06. The molecular formula is C18H17ClN2O3S. The largest absolute Gasteiger partial charge is 0.468 e. The first-order valence-electron chi connectivity index (χ1n) is 7.76. The maximum atomic E-state index is 12.5. The molecule has 25 heavy (non-hydrogen) atoms. The van der Waals surface area contributed by atoms with E-state index in [1.165, 1.54) is 0 Å². The van der Waals surface area contributed by atoms with E-state index in [0.717, 1.165) is 17.3 Å². The van der Waals surface area contributed by atoms with Gasteiger partial charge >= 0.3 is 0 Å². The average Bonchev–Trinajstić information content (AvgIpc) is 3.24. The molecule has 5 nitrogen and oxygen atoms in total. The van der Waals surface area contributed by atoms with Gasteiger partial charge in [0.2, 0.25) is 0 Å². The van der Waals surface area contributed by atoms with Crippen molar-refractivity contribution in [2.24, 2.45) is 0 Å². The van der Waals surface area contributed by atoms with Crippen molar-refractivity contribution in [3.8, 4) is 11.3 Å². The van der Waals surface area contributed by atoms with Gasteiger partial charge in [-0.05, 0) is 25.1 Å². The molecule has 0 spiro atoms. The van der Waals surface area contributed by atoms with Crippen LogP contribution in [0.4, 0.5) is 0 Å². The number of thioether (sulfide) groups is 1. The first-order valence-corrected chi connectivity index (χ1v) is 9.29. The number of carbonyl (C=O) groups is 1. The molecule has 0 aliphatic carbocycles. The Kier molecular flexibility index (Phi) is 5.83. The molecule has 0 saturated carbocycles. The summed E-state index contributed by atoms with van der Waals surface area (Å²) in [6, 6.07) is 11.0. The first-order chi connectivity index (χ1) is 12.2. The van der Waals surface area contributed by atoms with Crippen molar-refractivity contribution in [2.75, 3.05) is 12.3 Å². The molecule has 1 aromatic carbocycles. The topological polar surface area (TPSA) is 68.3 Å². The number of benzene rings is 1. The molecule has 3 aromatic rings. The highest BCUT2D eigenvalue weighted by Crippen LogP contribution is 2.30. The molecule has 7 heteroatoms. The van der Waals surface area contributed by atoms with Gasteiger partial charge < -0.3 is 14.3 Å². The zero-order chi connectivity index (χ0) is 17.6. The maximum absolute atomic E-state index is 12.5. The van der Waals surface area contributed by atoms with Gasteiger partial charge in [0.05, 0.1) is 17.0 Å². The Morgan fingerprint density at radius 3 is 2.88 bits per heavy atom. The SMILES string of the molecule is Cc1onc(-c2ccccc2Cl)c1C(=O)NCCSCc1ccco1. The van der Waals surface area contributed by atoms with Gasteiger partial charge in [0, 0.05) is 17.9 Å². The second-order valence-corrected chi connectivity index (χ2v) is 6.84. The monoisotopic (exact) mass is 376 g/mol. The molecule has 3 rings (SSSR count). The normalized spacial score (nSPS) is 10.8. The van der Waals surface area contributed by atoms with Crippen molar-refractivity contribution in [2.45, 2.75) is 12.7 Å². The predicted octanol–water partition coefficient (Wildman–Crippen LogP) is 4.56. The minimum atomic E-state index is -0.215. The number of nitrogens with zero attached hydrogens (tertiary/aromatic N) is 1. The minimum absolute atomic E-state index is 0.215. The molecule has 0 aliphatic heterocycles. The van der Waals surface area contributed by atoms with Gasteiger partial charge in [-0.3, -0.25) is 4.79 Å². The highest BCUT2D eigenvalue weighted by atomic mass is 35.5. The van der Waals surface area contributed by atoms with E-state index in [-0.39, 0.29) is 5.91 Å². The van der Waals surface area contributed by atoms with Crippen molar-refractivity contribution < 1.29 is 13.7 Å². The van der Waals surface area contributed by atoms with Crippen LogP contribution in [0.2, 0.25) is 5.02 Å². The van der Waals surface area contributed by atoms with Crippen LogP contribution >= 0.6 is 23.4 Å². The molecule has 0 unspecified atom stereocenters. The molecule has 2 heterocycles. The quantitative estimate of drug-likeness (QED) is 0.612. The summed E-state index contributed by atoms with van der Waals surface area (Å²) in [5.74, 6) is 2.73. The van der Waals surface area contributed by atoms with E-state index in [0.29, 0.717) is 34.1 Å². The Bertz CT molecular complexity index is 846. The Balaban J connectivity index is 1.61. The van der Waals surface area contributed by atoms with Crippen LogP contribution in [-0.2, 0) is 5.75 Å². The summed E-state index contributed by atoms with van der Waals surface area (Å²) in [5, 5.41) is 7.44. The lowest BCUT2D eigenvalue weighted by atomic mass is 10.1. The Labute approximate surface area is 154 Å². The summed E-state index contributed by atoms with van der Waals surface area (Å²) < 4.78 is 10.5. The number of furan rings is 1. The Morgan fingerprint density at radius 1 is 1.28 bits per heavy atom. The zero-order valence-corrected chi connectivity index (χ0v) is 15.2. The van der Waals surface area contributed by atoms with Crippen molar-refractivity contribution >= 4 is 29.3 Å². The van der Waals surface area contributed by atoms with Crippen LogP contribution in [0.15, 0.2) is 51.6 Å². The van der Waals surface area contributed by atoms with Crippen molar-refractivity contribution in [3.05, 3.63) is 64.8 Å². The molecule has 2 aromatic heterocycles. The molecule has 0 bridgehead atoms.